The second kappa shape index (κ2) is 6.93. The van der Waals surface area contributed by atoms with Gasteiger partial charge in [-0.05, 0) is 36.5 Å². The van der Waals surface area contributed by atoms with Gasteiger partial charge in [0.1, 0.15) is 5.75 Å². The fraction of sp³-hybridized carbons (Fsp3) is 0.316. The predicted octanol–water partition coefficient (Wildman–Crippen LogP) is 2.28. The van der Waals surface area contributed by atoms with E-state index in [1.165, 1.54) is 0 Å². The normalized spacial score (nSPS) is 15.2. The Balaban J connectivity index is 2.17. The lowest BCUT2D eigenvalue weighted by molar-refractivity contribution is -0.306. The Morgan fingerprint density at radius 3 is 2.44 bits per heavy atom. The molecule has 25 heavy (non-hydrogen) atoms. The molecule has 3 rings (SSSR count). The van der Waals surface area contributed by atoms with Crippen molar-refractivity contribution in [1.29, 1.82) is 0 Å². The van der Waals surface area contributed by atoms with Crippen molar-refractivity contribution in [3.05, 3.63) is 41.5 Å². The van der Waals surface area contributed by atoms with Crippen molar-refractivity contribution in [1.82, 2.24) is 0 Å². The largest absolute Gasteiger partial charge is 0.550 e. The number of carboxylic acids is 1. The Morgan fingerprint density at radius 1 is 1.12 bits per heavy atom. The number of benzene rings is 2. The fourth-order valence-corrected chi connectivity index (χ4v) is 3.15. The van der Waals surface area contributed by atoms with Crippen LogP contribution in [-0.2, 0) is 11.2 Å². The summed E-state index contributed by atoms with van der Waals surface area (Å²) in [7, 11) is 4.65. The first kappa shape index (κ1) is 17.0. The number of aliphatic carboxylic acids is 1. The molecule has 0 aromatic heterocycles. The average Bonchev–Trinajstić information content (AvgIpc) is 2.75. The van der Waals surface area contributed by atoms with Crippen LogP contribution in [0.1, 0.15) is 23.5 Å². The highest BCUT2D eigenvalue weighted by Crippen LogP contribution is 2.47. The predicted molar refractivity (Wildman–Crippen MR) is 88.7 cm³/mol. The molecule has 0 saturated heterocycles. The van der Waals surface area contributed by atoms with Crippen LogP contribution in [0.5, 0.6) is 28.7 Å². The van der Waals surface area contributed by atoms with E-state index in [0.717, 1.165) is 11.1 Å². The molecule has 6 heteroatoms. The number of carbonyl (C=O) groups excluding carboxylic acids is 1. The summed E-state index contributed by atoms with van der Waals surface area (Å²) in [4.78, 5) is 11.3. The van der Waals surface area contributed by atoms with Gasteiger partial charge < -0.3 is 28.8 Å². The number of ether oxygens (including phenoxy) is 4. The Morgan fingerprint density at radius 2 is 1.80 bits per heavy atom. The highest BCUT2D eigenvalue weighted by molar-refractivity contribution is 5.67. The molecule has 1 aliphatic rings. The summed E-state index contributed by atoms with van der Waals surface area (Å²) in [5.41, 5.74) is 1.61. The Kier molecular flexibility index (Phi) is 4.70. The van der Waals surface area contributed by atoms with Crippen LogP contribution < -0.4 is 24.1 Å². The summed E-state index contributed by atoms with van der Waals surface area (Å²) in [6.45, 7) is 0. The maximum Gasteiger partial charge on any atom is 0.172 e. The van der Waals surface area contributed by atoms with Crippen LogP contribution in [0.25, 0.3) is 0 Å². The van der Waals surface area contributed by atoms with Crippen LogP contribution in [0, 0.1) is 0 Å². The van der Waals surface area contributed by atoms with E-state index in [0.29, 0.717) is 35.2 Å². The number of carboxylic acid groups (broad SMARTS) is 1. The second-order valence-electron chi connectivity index (χ2n) is 5.77. The van der Waals surface area contributed by atoms with E-state index in [1.807, 2.05) is 18.2 Å². The van der Waals surface area contributed by atoms with E-state index in [4.69, 9.17) is 18.9 Å². The van der Waals surface area contributed by atoms with Gasteiger partial charge in [0.2, 0.25) is 0 Å². The molecule has 132 valence electrons. The van der Waals surface area contributed by atoms with Crippen molar-refractivity contribution in [2.24, 2.45) is 0 Å². The number of hydrogen-bond acceptors (Lipinski definition) is 6. The van der Waals surface area contributed by atoms with Crippen molar-refractivity contribution in [2.75, 3.05) is 21.3 Å². The first-order chi connectivity index (χ1) is 12.1. The van der Waals surface area contributed by atoms with Crippen LogP contribution in [0.3, 0.4) is 0 Å². The summed E-state index contributed by atoms with van der Waals surface area (Å²) in [5.74, 6) is 1.35. The molecule has 0 aliphatic carbocycles. The highest BCUT2D eigenvalue weighted by Gasteiger charge is 2.27. The zero-order chi connectivity index (χ0) is 18.0. The third kappa shape index (κ3) is 3.20. The van der Waals surface area contributed by atoms with Gasteiger partial charge in [0.25, 0.3) is 0 Å². The molecule has 1 unspecified atom stereocenters. The first-order valence-corrected chi connectivity index (χ1v) is 7.86. The number of methoxy groups -OCH3 is 3. The van der Waals surface area contributed by atoms with Gasteiger partial charge >= 0.3 is 0 Å². The van der Waals surface area contributed by atoms with E-state index in [2.05, 4.69) is 0 Å². The molecule has 0 spiro atoms. The van der Waals surface area contributed by atoms with Crippen molar-refractivity contribution in [3.8, 4) is 28.7 Å². The lowest BCUT2D eigenvalue weighted by Gasteiger charge is -2.18. The van der Waals surface area contributed by atoms with Crippen molar-refractivity contribution in [3.63, 3.8) is 0 Å². The molecule has 1 heterocycles. The van der Waals surface area contributed by atoms with Crippen LogP contribution in [-0.4, -0.2) is 27.3 Å². The van der Waals surface area contributed by atoms with Crippen molar-refractivity contribution in [2.45, 2.75) is 18.8 Å². The molecule has 2 aromatic carbocycles. The fourth-order valence-electron chi connectivity index (χ4n) is 3.15. The maximum atomic E-state index is 11.3. The van der Waals surface area contributed by atoms with E-state index in [9.17, 15) is 9.90 Å². The van der Waals surface area contributed by atoms with Gasteiger partial charge in [0.15, 0.2) is 23.0 Å². The van der Waals surface area contributed by atoms with E-state index in [-0.39, 0.29) is 12.3 Å². The van der Waals surface area contributed by atoms with Crippen molar-refractivity contribution >= 4 is 5.97 Å². The molecule has 0 bridgehead atoms. The number of carbonyl (C=O) groups is 1. The smallest absolute Gasteiger partial charge is 0.172 e. The molecule has 6 nitrogen and oxygen atoms in total. The van der Waals surface area contributed by atoms with Gasteiger partial charge in [-0.2, -0.15) is 0 Å². The molecule has 0 radical (unpaired) electrons. The molecular weight excluding hydrogens is 324 g/mol. The zero-order valence-electron chi connectivity index (χ0n) is 14.3. The van der Waals surface area contributed by atoms with E-state index in [1.54, 1.807) is 33.5 Å². The third-order valence-electron chi connectivity index (χ3n) is 4.33. The number of rotatable bonds is 5. The molecule has 2 aromatic rings. The molecule has 0 amide bonds. The van der Waals surface area contributed by atoms with Crippen LogP contribution >= 0.6 is 0 Å². The molecule has 0 fully saturated rings. The van der Waals surface area contributed by atoms with Gasteiger partial charge in [0, 0.05) is 17.6 Å². The summed E-state index contributed by atoms with van der Waals surface area (Å²) in [5, 5.41) is 11.3. The van der Waals surface area contributed by atoms with E-state index >= 15 is 0 Å². The van der Waals surface area contributed by atoms with E-state index < -0.39 is 5.97 Å². The number of para-hydroxylation sites is 1. The lowest BCUT2D eigenvalue weighted by Crippen LogP contribution is -2.25. The maximum absolute atomic E-state index is 11.3. The molecule has 1 aliphatic heterocycles. The van der Waals surface area contributed by atoms with Crippen LogP contribution in [0.4, 0.5) is 0 Å². The molecular formula is C19H19O6-. The van der Waals surface area contributed by atoms with Gasteiger partial charge in [-0.15, -0.1) is 0 Å². The Hall–Kier alpha value is -2.89. The monoisotopic (exact) mass is 343 g/mol. The summed E-state index contributed by atoms with van der Waals surface area (Å²) in [6.07, 6.45) is 0.362. The van der Waals surface area contributed by atoms with Gasteiger partial charge in [-0.25, -0.2) is 0 Å². The van der Waals surface area contributed by atoms with Crippen LogP contribution in [0.15, 0.2) is 30.3 Å². The Labute approximate surface area is 145 Å². The quantitative estimate of drug-likeness (QED) is 0.829. The number of hydrogen-bond donors (Lipinski definition) is 0. The van der Waals surface area contributed by atoms with Gasteiger partial charge in [-0.1, -0.05) is 12.1 Å². The zero-order valence-corrected chi connectivity index (χ0v) is 14.3. The topological polar surface area (TPSA) is 77.0 Å². The summed E-state index contributed by atoms with van der Waals surface area (Å²) < 4.78 is 22.2. The Bertz CT molecular complexity index is 799. The molecule has 0 N–H and O–H groups in total. The molecule has 0 saturated carbocycles. The SMILES string of the molecule is COc1cc2c(cc1OC)Oc1c(OC)cccc1C(CC(=O)[O-])C2. The highest BCUT2D eigenvalue weighted by atomic mass is 16.5. The minimum atomic E-state index is -1.11. The molecule has 1 atom stereocenters. The first-order valence-electron chi connectivity index (χ1n) is 7.86. The van der Waals surface area contributed by atoms with Crippen LogP contribution in [0.2, 0.25) is 0 Å². The standard InChI is InChI=1S/C19H20O6/c1-22-14-6-4-5-13-11(9-18(20)21)7-12-8-16(23-2)17(24-3)10-15(12)25-19(13)14/h4-6,8,10-11H,7,9H2,1-3H3,(H,20,21)/p-1. The minimum Gasteiger partial charge on any atom is -0.550 e. The second-order valence-corrected chi connectivity index (χ2v) is 5.77. The van der Waals surface area contributed by atoms with Crippen molar-refractivity contribution < 1.29 is 28.8 Å². The third-order valence-corrected chi connectivity index (χ3v) is 4.33. The lowest BCUT2D eigenvalue weighted by atomic mass is 9.89. The van der Waals surface area contributed by atoms with Gasteiger partial charge in [-0.3, -0.25) is 0 Å². The summed E-state index contributed by atoms with van der Waals surface area (Å²) in [6, 6.07) is 9.01. The van der Waals surface area contributed by atoms with Gasteiger partial charge in [0.05, 0.1) is 21.3 Å². The summed E-state index contributed by atoms with van der Waals surface area (Å²) >= 11 is 0. The minimum absolute atomic E-state index is 0.114. The average molecular weight is 343 g/mol. The number of fused-ring (bicyclic) bond motifs is 2.